The number of nitrogens with one attached hydrogen (secondary N) is 1. The number of anilines is 1. The maximum atomic E-state index is 12.8. The molecule has 0 spiro atoms. The van der Waals surface area contributed by atoms with Crippen molar-refractivity contribution in [1.29, 1.82) is 0 Å². The zero-order chi connectivity index (χ0) is 22.9. The molecule has 1 heterocycles. The fourth-order valence-electron chi connectivity index (χ4n) is 4.31. The van der Waals surface area contributed by atoms with E-state index in [0.29, 0.717) is 5.69 Å². The van der Waals surface area contributed by atoms with Gasteiger partial charge in [-0.1, -0.05) is 72.8 Å². The summed E-state index contributed by atoms with van der Waals surface area (Å²) in [5, 5.41) is 12.3. The van der Waals surface area contributed by atoms with Crippen molar-refractivity contribution < 1.29 is 19.4 Å². The molecule has 4 aromatic rings. The fourth-order valence-corrected chi connectivity index (χ4v) is 5.00. The Bertz CT molecular complexity index is 1330. The van der Waals surface area contributed by atoms with Gasteiger partial charge in [-0.25, -0.2) is 9.59 Å². The number of aromatic carboxylic acids is 1. The number of amides is 1. The monoisotopic (exact) mass is 456 g/mol. The number of hydrogen-bond acceptors (Lipinski definition) is 5. The van der Waals surface area contributed by atoms with Crippen molar-refractivity contribution in [1.82, 2.24) is 4.37 Å². The molecule has 0 fully saturated rings. The molecule has 0 saturated carbocycles. The van der Waals surface area contributed by atoms with Crippen molar-refractivity contribution in [3.05, 3.63) is 94.4 Å². The Morgan fingerprint density at radius 3 is 2.12 bits per heavy atom. The third kappa shape index (κ3) is 3.76. The van der Waals surface area contributed by atoms with Gasteiger partial charge in [0.2, 0.25) is 0 Å². The van der Waals surface area contributed by atoms with Gasteiger partial charge in [0.15, 0.2) is 4.88 Å². The number of carbonyl (C=O) groups excluding carboxylic acids is 1. The van der Waals surface area contributed by atoms with E-state index in [-0.39, 0.29) is 23.1 Å². The summed E-state index contributed by atoms with van der Waals surface area (Å²) >= 11 is 0.835. The highest BCUT2D eigenvalue weighted by molar-refractivity contribution is 7.09. The Morgan fingerprint density at radius 2 is 1.52 bits per heavy atom. The van der Waals surface area contributed by atoms with Crippen LogP contribution in [-0.4, -0.2) is 28.1 Å². The molecule has 164 valence electrons. The third-order valence-electron chi connectivity index (χ3n) is 5.86. The van der Waals surface area contributed by atoms with Gasteiger partial charge in [0, 0.05) is 11.5 Å². The lowest BCUT2D eigenvalue weighted by atomic mass is 9.98. The average molecular weight is 457 g/mol. The lowest BCUT2D eigenvalue weighted by Crippen LogP contribution is -2.19. The normalized spacial score (nSPS) is 12.2. The first-order valence-corrected chi connectivity index (χ1v) is 11.2. The van der Waals surface area contributed by atoms with Crippen LogP contribution in [0.2, 0.25) is 0 Å². The van der Waals surface area contributed by atoms with Gasteiger partial charge >= 0.3 is 12.1 Å². The number of fused-ring (bicyclic) bond motifs is 3. The Morgan fingerprint density at radius 1 is 0.939 bits per heavy atom. The van der Waals surface area contributed by atoms with E-state index in [0.717, 1.165) is 44.9 Å². The summed E-state index contributed by atoms with van der Waals surface area (Å²) in [6.07, 6.45) is -0.714. The van der Waals surface area contributed by atoms with E-state index in [1.807, 2.05) is 67.6 Å². The average Bonchev–Trinajstić information content (AvgIpc) is 3.37. The molecule has 5 rings (SSSR count). The maximum absolute atomic E-state index is 12.8. The number of aromatic nitrogens is 1. The second-order valence-electron chi connectivity index (χ2n) is 7.81. The van der Waals surface area contributed by atoms with Gasteiger partial charge < -0.3 is 9.84 Å². The van der Waals surface area contributed by atoms with Gasteiger partial charge in [-0.2, -0.15) is 4.37 Å². The minimum Gasteiger partial charge on any atom is -0.477 e. The molecule has 2 N–H and O–H groups in total. The lowest BCUT2D eigenvalue weighted by molar-refractivity contribution is 0.0703. The van der Waals surface area contributed by atoms with Gasteiger partial charge in [-0.15, -0.1) is 0 Å². The number of benzene rings is 3. The van der Waals surface area contributed by atoms with Gasteiger partial charge in [0.1, 0.15) is 12.3 Å². The summed E-state index contributed by atoms with van der Waals surface area (Å²) < 4.78 is 9.91. The molecular weight excluding hydrogens is 436 g/mol. The van der Waals surface area contributed by atoms with Gasteiger partial charge in [-0.3, -0.25) is 5.32 Å². The van der Waals surface area contributed by atoms with E-state index >= 15 is 0 Å². The fraction of sp³-hybridized carbons (Fsp3) is 0.115. The van der Waals surface area contributed by atoms with Crippen LogP contribution in [0.3, 0.4) is 0 Å². The van der Waals surface area contributed by atoms with Gasteiger partial charge in [0.25, 0.3) is 0 Å². The molecular formula is C26H20N2O4S. The van der Waals surface area contributed by atoms with Crippen molar-refractivity contribution in [2.24, 2.45) is 0 Å². The molecule has 0 atom stereocenters. The van der Waals surface area contributed by atoms with Gasteiger partial charge in [-0.05, 0) is 46.3 Å². The molecule has 1 aliphatic carbocycles. The molecule has 0 unspecified atom stereocenters. The topological polar surface area (TPSA) is 88.5 Å². The summed E-state index contributed by atoms with van der Waals surface area (Å²) in [5.41, 5.74) is 6.75. The Kier molecular flexibility index (Phi) is 5.40. The predicted octanol–water partition coefficient (Wildman–Crippen LogP) is 6.18. The van der Waals surface area contributed by atoms with E-state index in [4.69, 9.17) is 4.74 Å². The van der Waals surface area contributed by atoms with Crippen LogP contribution in [0, 0.1) is 6.92 Å². The predicted molar refractivity (Wildman–Crippen MR) is 128 cm³/mol. The summed E-state index contributed by atoms with van der Waals surface area (Å²) in [5.74, 6) is -1.24. The van der Waals surface area contributed by atoms with Crippen LogP contribution in [-0.2, 0) is 4.74 Å². The first kappa shape index (κ1) is 20.9. The molecule has 0 saturated heterocycles. The van der Waals surface area contributed by atoms with Gasteiger partial charge in [0.05, 0.1) is 5.69 Å². The molecule has 33 heavy (non-hydrogen) atoms. The highest BCUT2D eigenvalue weighted by atomic mass is 32.1. The first-order chi connectivity index (χ1) is 16.0. The highest BCUT2D eigenvalue weighted by Gasteiger charge is 2.30. The van der Waals surface area contributed by atoms with Crippen molar-refractivity contribution in [3.63, 3.8) is 0 Å². The first-order valence-electron chi connectivity index (χ1n) is 10.5. The molecule has 1 aliphatic rings. The summed E-state index contributed by atoms with van der Waals surface area (Å²) in [4.78, 5) is 24.5. The van der Waals surface area contributed by atoms with Crippen LogP contribution in [0.5, 0.6) is 0 Å². The number of aryl methyl sites for hydroxylation is 1. The third-order valence-corrected chi connectivity index (χ3v) is 6.69. The lowest BCUT2D eigenvalue weighted by Gasteiger charge is -2.15. The van der Waals surface area contributed by atoms with E-state index < -0.39 is 12.1 Å². The Balaban J connectivity index is 1.39. The van der Waals surface area contributed by atoms with E-state index in [2.05, 4.69) is 21.8 Å². The molecule has 0 bridgehead atoms. The van der Waals surface area contributed by atoms with Crippen LogP contribution in [0.25, 0.3) is 22.4 Å². The number of carboxylic acid groups (broad SMARTS) is 1. The number of carboxylic acids is 1. The van der Waals surface area contributed by atoms with E-state index in [9.17, 15) is 14.7 Å². The van der Waals surface area contributed by atoms with Crippen LogP contribution in [0.1, 0.15) is 32.3 Å². The van der Waals surface area contributed by atoms with Crippen molar-refractivity contribution in [3.8, 4) is 22.4 Å². The minimum absolute atomic E-state index is 0.0400. The second kappa shape index (κ2) is 8.52. The Labute approximate surface area is 194 Å². The summed E-state index contributed by atoms with van der Waals surface area (Å²) in [6, 6.07) is 23.7. The summed E-state index contributed by atoms with van der Waals surface area (Å²) in [6.45, 7) is 2.05. The van der Waals surface area contributed by atoms with Crippen LogP contribution in [0.4, 0.5) is 10.5 Å². The van der Waals surface area contributed by atoms with E-state index in [1.165, 1.54) is 0 Å². The second-order valence-corrected chi connectivity index (χ2v) is 8.58. The van der Waals surface area contributed by atoms with Crippen molar-refractivity contribution in [2.75, 3.05) is 11.9 Å². The van der Waals surface area contributed by atoms with Crippen molar-refractivity contribution in [2.45, 2.75) is 12.8 Å². The largest absolute Gasteiger partial charge is 0.477 e. The quantitative estimate of drug-likeness (QED) is 0.374. The molecule has 0 aliphatic heterocycles. The number of hydrogen-bond donors (Lipinski definition) is 2. The number of carbonyl (C=O) groups is 2. The number of nitrogens with zero attached hydrogens (tertiary/aromatic N) is 1. The molecule has 6 nitrogen and oxygen atoms in total. The number of rotatable bonds is 5. The molecule has 1 amide bonds. The van der Waals surface area contributed by atoms with Crippen LogP contribution in [0.15, 0.2) is 72.8 Å². The van der Waals surface area contributed by atoms with Crippen LogP contribution < -0.4 is 5.32 Å². The number of ether oxygens (including phenoxy) is 1. The molecule has 3 aromatic carbocycles. The standard InChI is InChI=1S/C26H20N2O4S/c1-15-8-2-3-9-16(15)22-23(24(25(29)30)33-28-22)27-26(31)32-14-21-19-12-6-4-10-17(19)18-11-5-7-13-20(18)21/h2-13,21H,14H2,1H3,(H,27,31)(H,29,30). The zero-order valence-electron chi connectivity index (χ0n) is 17.7. The Hall–Kier alpha value is -3.97. The minimum atomic E-state index is -1.15. The molecule has 1 aromatic heterocycles. The SMILES string of the molecule is Cc1ccccc1-c1nsc(C(=O)O)c1NC(=O)OCC1c2ccccc2-c2ccccc21. The molecule has 7 heteroatoms. The summed E-state index contributed by atoms with van der Waals surface area (Å²) in [7, 11) is 0. The highest BCUT2D eigenvalue weighted by Crippen LogP contribution is 2.44. The smallest absolute Gasteiger partial charge is 0.411 e. The van der Waals surface area contributed by atoms with Crippen molar-refractivity contribution >= 4 is 29.3 Å². The zero-order valence-corrected chi connectivity index (χ0v) is 18.6. The molecule has 0 radical (unpaired) electrons. The van der Waals surface area contributed by atoms with E-state index in [1.54, 1.807) is 0 Å². The van der Waals surface area contributed by atoms with Crippen LogP contribution >= 0.6 is 11.5 Å². The maximum Gasteiger partial charge on any atom is 0.411 e.